The van der Waals surface area contributed by atoms with Gasteiger partial charge >= 0.3 is 0 Å². The van der Waals surface area contributed by atoms with Crippen LogP contribution in [0.4, 0.5) is 5.69 Å². The maximum Gasteiger partial charge on any atom is 0.243 e. The molecule has 31 heavy (non-hydrogen) atoms. The lowest BCUT2D eigenvalue weighted by molar-refractivity contribution is -0.127. The zero-order valence-electron chi connectivity index (χ0n) is 18.0. The number of nitrogens with zero attached hydrogens (tertiary/aromatic N) is 2. The third kappa shape index (κ3) is 4.93. The number of nitrogens with one attached hydrogen (secondary N) is 1. The smallest absolute Gasteiger partial charge is 0.243 e. The summed E-state index contributed by atoms with van der Waals surface area (Å²) >= 11 is 0. The molecule has 1 N–H and O–H groups in total. The first kappa shape index (κ1) is 23.7. The Morgan fingerprint density at radius 1 is 1.23 bits per heavy atom. The second-order valence-electron chi connectivity index (χ2n) is 8.38. The van der Waals surface area contributed by atoms with Crippen molar-refractivity contribution >= 4 is 37.4 Å². The molecule has 9 nitrogen and oxygen atoms in total. The molecule has 0 aliphatic carbocycles. The number of carbonyl (C=O) groups is 2. The fourth-order valence-corrected chi connectivity index (χ4v) is 7.70. The van der Waals surface area contributed by atoms with Crippen molar-refractivity contribution in [1.29, 1.82) is 0 Å². The van der Waals surface area contributed by atoms with Crippen molar-refractivity contribution in [3.05, 3.63) is 24.3 Å². The van der Waals surface area contributed by atoms with E-state index in [0.717, 1.165) is 0 Å². The zero-order chi connectivity index (χ0) is 23.0. The highest BCUT2D eigenvalue weighted by Gasteiger charge is 2.42. The minimum Gasteiger partial charge on any atom is -0.350 e. The Labute approximate surface area is 183 Å². The van der Waals surface area contributed by atoms with Crippen LogP contribution in [0, 0.1) is 5.92 Å². The lowest BCUT2D eigenvalue weighted by Gasteiger charge is -2.25. The van der Waals surface area contributed by atoms with Crippen LogP contribution in [0.3, 0.4) is 0 Å². The maximum atomic E-state index is 12.7. The summed E-state index contributed by atoms with van der Waals surface area (Å²) < 4.78 is 50.1. The van der Waals surface area contributed by atoms with E-state index >= 15 is 0 Å². The third-order valence-electron chi connectivity index (χ3n) is 5.92. The van der Waals surface area contributed by atoms with Crippen molar-refractivity contribution in [2.24, 2.45) is 5.92 Å². The molecular formula is C20H29N3O6S2. The van der Waals surface area contributed by atoms with Gasteiger partial charge in [0.25, 0.3) is 0 Å². The molecule has 0 bridgehead atoms. The van der Waals surface area contributed by atoms with Gasteiger partial charge in [0.1, 0.15) is 0 Å². The van der Waals surface area contributed by atoms with Crippen molar-refractivity contribution < 1.29 is 26.4 Å². The van der Waals surface area contributed by atoms with Crippen LogP contribution >= 0.6 is 0 Å². The van der Waals surface area contributed by atoms with Crippen molar-refractivity contribution in [2.45, 2.75) is 44.0 Å². The number of hydrogen-bond donors (Lipinski definition) is 1. The molecule has 2 atom stereocenters. The van der Waals surface area contributed by atoms with Crippen molar-refractivity contribution in [3.8, 4) is 0 Å². The molecule has 2 saturated heterocycles. The van der Waals surface area contributed by atoms with Crippen LogP contribution in [0.15, 0.2) is 29.2 Å². The van der Waals surface area contributed by atoms with Crippen LogP contribution < -0.4 is 10.2 Å². The Balaban J connectivity index is 1.70. The molecule has 11 heteroatoms. The number of sulfonamides is 1. The number of carbonyl (C=O) groups excluding carboxylic acids is 2. The van der Waals surface area contributed by atoms with Crippen LogP contribution in [0.2, 0.25) is 0 Å². The Kier molecular flexibility index (Phi) is 6.50. The van der Waals surface area contributed by atoms with Crippen LogP contribution in [0.5, 0.6) is 0 Å². The zero-order valence-corrected chi connectivity index (χ0v) is 19.6. The number of amides is 2. The SMILES string of the molecule is CCN(CC)S(=O)(=O)c1ccc(N2CC(C(=O)NC3(C)CCS(=O)(=O)C3)CC2=O)cc1. The van der Waals surface area contributed by atoms with Crippen LogP contribution in [0.1, 0.15) is 33.6 Å². The van der Waals surface area contributed by atoms with Gasteiger partial charge in [-0.15, -0.1) is 0 Å². The van der Waals surface area contributed by atoms with Gasteiger partial charge in [0.05, 0.1) is 27.9 Å². The fraction of sp³-hybridized carbons (Fsp3) is 0.600. The van der Waals surface area contributed by atoms with Gasteiger partial charge in [-0.1, -0.05) is 13.8 Å². The van der Waals surface area contributed by atoms with Crippen molar-refractivity contribution in [1.82, 2.24) is 9.62 Å². The molecule has 0 spiro atoms. The van der Waals surface area contributed by atoms with Gasteiger partial charge in [0.2, 0.25) is 21.8 Å². The molecule has 0 aromatic heterocycles. The van der Waals surface area contributed by atoms with E-state index in [9.17, 15) is 26.4 Å². The van der Waals surface area contributed by atoms with E-state index in [1.54, 1.807) is 32.9 Å². The van der Waals surface area contributed by atoms with Gasteiger partial charge < -0.3 is 10.2 Å². The fourth-order valence-electron chi connectivity index (χ4n) is 4.15. The van der Waals surface area contributed by atoms with E-state index in [1.807, 2.05) is 0 Å². The van der Waals surface area contributed by atoms with Crippen LogP contribution in [-0.4, -0.2) is 69.6 Å². The molecule has 2 aliphatic rings. The summed E-state index contributed by atoms with van der Waals surface area (Å²) in [4.78, 5) is 26.8. The summed E-state index contributed by atoms with van der Waals surface area (Å²) in [5.41, 5.74) is -0.291. The number of sulfone groups is 1. The Hall–Kier alpha value is -1.98. The maximum absolute atomic E-state index is 12.7. The Morgan fingerprint density at radius 2 is 1.84 bits per heavy atom. The standard InChI is InChI=1S/C20H29N3O6S2/c1-4-22(5-2)31(28,29)17-8-6-16(7-9-17)23-13-15(12-18(23)24)19(25)21-20(3)10-11-30(26,27)14-20/h6-9,15H,4-5,10-14H2,1-3H3,(H,21,25). The van der Waals surface area contributed by atoms with Crippen LogP contribution in [0.25, 0.3) is 0 Å². The summed E-state index contributed by atoms with van der Waals surface area (Å²) in [6, 6.07) is 6.07. The average Bonchev–Trinajstić information content (AvgIpc) is 3.21. The summed E-state index contributed by atoms with van der Waals surface area (Å²) in [5.74, 6) is -1.22. The molecule has 2 heterocycles. The first-order valence-electron chi connectivity index (χ1n) is 10.3. The highest BCUT2D eigenvalue weighted by Crippen LogP contribution is 2.29. The molecule has 2 unspecified atom stereocenters. The molecular weight excluding hydrogens is 442 g/mol. The molecule has 0 saturated carbocycles. The Bertz CT molecular complexity index is 1060. The summed E-state index contributed by atoms with van der Waals surface area (Å²) in [6.45, 7) is 6.13. The van der Waals surface area contributed by atoms with E-state index in [4.69, 9.17) is 0 Å². The minimum atomic E-state index is -3.59. The molecule has 1 aromatic carbocycles. The van der Waals surface area contributed by atoms with Gasteiger partial charge in [-0.05, 0) is 37.6 Å². The Morgan fingerprint density at radius 3 is 2.35 bits per heavy atom. The molecule has 3 rings (SSSR count). The first-order valence-corrected chi connectivity index (χ1v) is 13.6. The number of hydrogen-bond acceptors (Lipinski definition) is 6. The summed E-state index contributed by atoms with van der Waals surface area (Å²) in [5, 5.41) is 2.82. The average molecular weight is 472 g/mol. The second kappa shape index (κ2) is 8.51. The van der Waals surface area contributed by atoms with Gasteiger partial charge in [-0.3, -0.25) is 9.59 Å². The van der Waals surface area contributed by atoms with Gasteiger partial charge in [-0.2, -0.15) is 4.31 Å². The minimum absolute atomic E-state index is 0.0220. The molecule has 172 valence electrons. The molecule has 0 radical (unpaired) electrons. The molecule has 2 amide bonds. The first-order chi connectivity index (χ1) is 14.4. The predicted octanol–water partition coefficient (Wildman–Crippen LogP) is 0.763. The predicted molar refractivity (Wildman–Crippen MR) is 117 cm³/mol. The van der Waals surface area contributed by atoms with Gasteiger partial charge in [0.15, 0.2) is 9.84 Å². The largest absolute Gasteiger partial charge is 0.350 e. The van der Waals surface area contributed by atoms with E-state index < -0.39 is 31.3 Å². The van der Waals surface area contributed by atoms with Gasteiger partial charge in [0, 0.05) is 31.7 Å². The monoisotopic (exact) mass is 471 g/mol. The molecule has 1 aromatic rings. The lowest BCUT2D eigenvalue weighted by Crippen LogP contribution is -2.49. The number of benzene rings is 1. The highest BCUT2D eigenvalue weighted by atomic mass is 32.2. The summed E-state index contributed by atoms with van der Waals surface area (Å²) in [7, 11) is -6.75. The van der Waals surface area contributed by atoms with Crippen molar-refractivity contribution in [2.75, 3.05) is 36.0 Å². The normalized spacial score (nSPS) is 25.9. The van der Waals surface area contributed by atoms with E-state index in [1.165, 1.54) is 21.3 Å². The second-order valence-corrected chi connectivity index (χ2v) is 12.5. The van der Waals surface area contributed by atoms with E-state index in [-0.39, 0.29) is 41.2 Å². The quantitative estimate of drug-likeness (QED) is 0.627. The van der Waals surface area contributed by atoms with Crippen molar-refractivity contribution in [3.63, 3.8) is 0 Å². The van der Waals surface area contributed by atoms with Gasteiger partial charge in [-0.25, -0.2) is 16.8 Å². The summed E-state index contributed by atoms with van der Waals surface area (Å²) in [6.07, 6.45) is 0.377. The molecule has 2 aliphatic heterocycles. The number of rotatable bonds is 7. The van der Waals surface area contributed by atoms with E-state index in [2.05, 4.69) is 5.32 Å². The topological polar surface area (TPSA) is 121 Å². The highest BCUT2D eigenvalue weighted by molar-refractivity contribution is 7.91. The number of anilines is 1. The lowest BCUT2D eigenvalue weighted by atomic mass is 9.99. The van der Waals surface area contributed by atoms with E-state index in [0.29, 0.717) is 25.2 Å². The molecule has 2 fully saturated rings. The third-order valence-corrected chi connectivity index (χ3v) is 9.88. The van der Waals surface area contributed by atoms with Crippen LogP contribution in [-0.2, 0) is 29.4 Å².